The number of aryl methyl sites for hydroxylation is 1. The minimum absolute atomic E-state index is 0.116. The number of hydrogen-bond donors (Lipinski definition) is 1. The minimum Gasteiger partial charge on any atom is -0.496 e. The van der Waals surface area contributed by atoms with E-state index in [4.69, 9.17) is 25.8 Å². The number of piperazine rings is 1. The second kappa shape index (κ2) is 13.4. The van der Waals surface area contributed by atoms with Gasteiger partial charge in [0, 0.05) is 48.5 Å². The Kier molecular flexibility index (Phi) is 9.72. The van der Waals surface area contributed by atoms with Crippen molar-refractivity contribution in [3.8, 4) is 11.5 Å². The molecule has 218 valence electrons. The van der Waals surface area contributed by atoms with Gasteiger partial charge in [0.15, 0.2) is 0 Å². The average Bonchev–Trinajstić information content (AvgIpc) is 3.35. The maximum atomic E-state index is 13.2. The molecule has 1 atom stereocenters. The van der Waals surface area contributed by atoms with Crippen molar-refractivity contribution in [3.05, 3.63) is 70.5 Å². The lowest BCUT2D eigenvalue weighted by molar-refractivity contribution is -0.136. The third-order valence-electron chi connectivity index (χ3n) is 6.79. The summed E-state index contributed by atoms with van der Waals surface area (Å²) < 4.78 is 17.9. The number of anilines is 1. The normalized spacial score (nSPS) is 13.9. The largest absolute Gasteiger partial charge is 0.496 e. The summed E-state index contributed by atoms with van der Waals surface area (Å²) in [6.07, 6.45) is 1.28. The number of methoxy groups -OCH3 is 1. The summed E-state index contributed by atoms with van der Waals surface area (Å²) >= 11 is 5.94. The Morgan fingerprint density at radius 1 is 1.05 bits per heavy atom. The molecule has 41 heavy (non-hydrogen) atoms. The number of nitrogens with zero attached hydrogens (tertiary/aromatic N) is 4. The molecule has 1 aliphatic rings. The highest BCUT2D eigenvalue weighted by Crippen LogP contribution is 2.25. The van der Waals surface area contributed by atoms with Crippen molar-refractivity contribution in [2.75, 3.05) is 45.2 Å². The summed E-state index contributed by atoms with van der Waals surface area (Å²) in [7, 11) is 1.56. The number of amides is 3. The molecule has 1 fully saturated rings. The monoisotopic (exact) mass is 583 g/mol. The van der Waals surface area contributed by atoms with Gasteiger partial charge in [0.05, 0.1) is 25.1 Å². The lowest BCUT2D eigenvalue weighted by atomic mass is 10.1. The summed E-state index contributed by atoms with van der Waals surface area (Å²) in [5.41, 5.74) is 2.18. The number of benzene rings is 2. The first-order valence-corrected chi connectivity index (χ1v) is 13.7. The van der Waals surface area contributed by atoms with E-state index in [1.165, 1.54) is 0 Å². The molecule has 0 bridgehead atoms. The molecule has 1 N–H and O–H groups in total. The Labute approximate surface area is 243 Å². The zero-order valence-electron chi connectivity index (χ0n) is 23.6. The number of carbonyl (C=O) groups excluding carboxylic acids is 3. The molecule has 1 aliphatic heterocycles. The molecule has 1 saturated heterocycles. The first-order valence-electron chi connectivity index (χ1n) is 13.3. The van der Waals surface area contributed by atoms with E-state index in [1.807, 2.05) is 0 Å². The predicted octanol–water partition coefficient (Wildman–Crippen LogP) is 4.55. The highest BCUT2D eigenvalue weighted by molar-refractivity contribution is 6.30. The van der Waals surface area contributed by atoms with Crippen LogP contribution >= 0.6 is 11.6 Å². The molecule has 3 amide bonds. The van der Waals surface area contributed by atoms with E-state index in [1.54, 1.807) is 91.0 Å². The maximum Gasteiger partial charge on any atom is 0.409 e. The SMILES string of the molecule is CCOC(=O)N1CCN(C(=O)C(C)n2cc(NC(=O)c3ccc(OC)c(COc4ccc(Cl)cc4)c3)c(C)n2)CC1. The van der Waals surface area contributed by atoms with Crippen LogP contribution in [0.3, 0.4) is 0 Å². The van der Waals surface area contributed by atoms with Crippen molar-refractivity contribution in [1.29, 1.82) is 0 Å². The Hall–Kier alpha value is -4.25. The van der Waals surface area contributed by atoms with Crippen molar-refractivity contribution in [3.63, 3.8) is 0 Å². The summed E-state index contributed by atoms with van der Waals surface area (Å²) in [5, 5.41) is 7.98. The van der Waals surface area contributed by atoms with Gasteiger partial charge in [-0.1, -0.05) is 11.6 Å². The number of aromatic nitrogens is 2. The van der Waals surface area contributed by atoms with Gasteiger partial charge in [-0.2, -0.15) is 5.10 Å². The standard InChI is InChI=1S/C29H34ClN5O6/c1-5-40-29(38)34-14-12-33(13-15-34)28(37)20(3)35-17-25(19(2)32-35)31-27(36)21-6-11-26(39-4)22(16-21)18-41-24-9-7-23(30)8-10-24/h6-11,16-17,20H,5,12-15,18H2,1-4H3,(H,31,36). The second-order valence-corrected chi connectivity index (χ2v) is 9.96. The van der Waals surface area contributed by atoms with Crippen LogP contribution < -0.4 is 14.8 Å². The van der Waals surface area contributed by atoms with Crippen molar-refractivity contribution < 1.29 is 28.6 Å². The molecule has 0 spiro atoms. The fourth-order valence-corrected chi connectivity index (χ4v) is 4.55. The zero-order chi connectivity index (χ0) is 29.5. The van der Waals surface area contributed by atoms with Crippen molar-refractivity contribution in [1.82, 2.24) is 19.6 Å². The highest BCUT2D eigenvalue weighted by atomic mass is 35.5. The Bertz CT molecular complexity index is 1380. The quantitative estimate of drug-likeness (QED) is 0.393. The Balaban J connectivity index is 1.39. The third kappa shape index (κ3) is 7.29. The number of rotatable bonds is 9. The lowest BCUT2D eigenvalue weighted by Gasteiger charge is -2.35. The average molecular weight is 584 g/mol. The molecule has 0 saturated carbocycles. The molecular weight excluding hydrogens is 550 g/mol. The van der Waals surface area contributed by atoms with Gasteiger partial charge in [-0.3, -0.25) is 14.3 Å². The number of nitrogens with one attached hydrogen (secondary N) is 1. The van der Waals surface area contributed by atoms with E-state index < -0.39 is 6.04 Å². The fourth-order valence-electron chi connectivity index (χ4n) is 4.42. The van der Waals surface area contributed by atoms with Crippen LogP contribution in [0.2, 0.25) is 5.02 Å². The topological polar surface area (TPSA) is 115 Å². The second-order valence-electron chi connectivity index (χ2n) is 9.52. The minimum atomic E-state index is -0.592. The molecule has 0 radical (unpaired) electrons. The fraction of sp³-hybridized carbons (Fsp3) is 0.379. The van der Waals surface area contributed by atoms with Gasteiger partial charge >= 0.3 is 6.09 Å². The van der Waals surface area contributed by atoms with Gasteiger partial charge in [-0.05, 0) is 63.2 Å². The summed E-state index contributed by atoms with van der Waals surface area (Å²) in [4.78, 5) is 41.6. The number of hydrogen-bond acceptors (Lipinski definition) is 7. The van der Waals surface area contributed by atoms with E-state index in [-0.39, 0.29) is 24.5 Å². The molecule has 1 unspecified atom stereocenters. The van der Waals surface area contributed by atoms with Crippen LogP contribution in [0.15, 0.2) is 48.7 Å². The molecule has 2 heterocycles. The molecule has 3 aromatic rings. The molecule has 12 heteroatoms. The third-order valence-corrected chi connectivity index (χ3v) is 7.04. The van der Waals surface area contributed by atoms with Gasteiger partial charge in [-0.25, -0.2) is 4.79 Å². The van der Waals surface area contributed by atoms with Crippen molar-refractivity contribution >= 4 is 35.2 Å². The number of halogens is 1. The van der Waals surface area contributed by atoms with Crippen LogP contribution in [0.1, 0.15) is 41.5 Å². The molecule has 0 aliphatic carbocycles. The first kappa shape index (κ1) is 29.7. The van der Waals surface area contributed by atoms with E-state index in [2.05, 4.69) is 10.4 Å². The zero-order valence-corrected chi connectivity index (χ0v) is 24.3. The highest BCUT2D eigenvalue weighted by Gasteiger charge is 2.29. The lowest BCUT2D eigenvalue weighted by Crippen LogP contribution is -2.52. The number of carbonyl (C=O) groups is 3. The van der Waals surface area contributed by atoms with E-state index in [0.29, 0.717) is 71.8 Å². The van der Waals surface area contributed by atoms with Crippen LogP contribution in [0.5, 0.6) is 11.5 Å². The van der Waals surface area contributed by atoms with Gasteiger partial charge in [-0.15, -0.1) is 0 Å². The van der Waals surface area contributed by atoms with Crippen molar-refractivity contribution in [2.24, 2.45) is 0 Å². The summed E-state index contributed by atoms with van der Waals surface area (Å²) in [6, 6.07) is 11.5. The Morgan fingerprint density at radius 3 is 2.39 bits per heavy atom. The van der Waals surface area contributed by atoms with Crippen LogP contribution in [0, 0.1) is 6.92 Å². The maximum absolute atomic E-state index is 13.2. The first-order chi connectivity index (χ1) is 19.7. The van der Waals surface area contributed by atoms with Gasteiger partial charge < -0.3 is 29.3 Å². The Morgan fingerprint density at radius 2 is 1.73 bits per heavy atom. The molecule has 4 rings (SSSR count). The smallest absolute Gasteiger partial charge is 0.409 e. The van der Waals surface area contributed by atoms with E-state index in [9.17, 15) is 14.4 Å². The van der Waals surface area contributed by atoms with Crippen LogP contribution in [-0.4, -0.2) is 77.4 Å². The predicted molar refractivity (Wildman–Crippen MR) is 154 cm³/mol. The molecule has 1 aromatic heterocycles. The van der Waals surface area contributed by atoms with Crippen molar-refractivity contribution in [2.45, 2.75) is 33.4 Å². The molecular formula is C29H34ClN5O6. The van der Waals surface area contributed by atoms with Gasteiger partial charge in [0.2, 0.25) is 5.91 Å². The van der Waals surface area contributed by atoms with Gasteiger partial charge in [0.25, 0.3) is 5.91 Å². The van der Waals surface area contributed by atoms with Gasteiger partial charge in [0.1, 0.15) is 24.1 Å². The molecule has 2 aromatic carbocycles. The van der Waals surface area contributed by atoms with Crippen LogP contribution in [0.25, 0.3) is 0 Å². The van der Waals surface area contributed by atoms with E-state index in [0.717, 1.165) is 0 Å². The van der Waals surface area contributed by atoms with Crippen LogP contribution in [-0.2, 0) is 16.1 Å². The summed E-state index contributed by atoms with van der Waals surface area (Å²) in [5.74, 6) is 0.778. The van der Waals surface area contributed by atoms with Crippen LogP contribution in [0.4, 0.5) is 10.5 Å². The number of ether oxygens (including phenoxy) is 3. The van der Waals surface area contributed by atoms with E-state index >= 15 is 0 Å². The molecule has 11 nitrogen and oxygen atoms in total. The summed E-state index contributed by atoms with van der Waals surface area (Å²) in [6.45, 7) is 7.42.